The van der Waals surface area contributed by atoms with Crippen LogP contribution in [0.5, 0.6) is 0 Å². The van der Waals surface area contributed by atoms with Gasteiger partial charge >= 0.3 is 5.97 Å². The second-order valence-corrected chi connectivity index (χ2v) is 6.71. The molecule has 0 bridgehead atoms. The third-order valence-corrected chi connectivity index (χ3v) is 4.63. The van der Waals surface area contributed by atoms with E-state index in [0.717, 1.165) is 12.5 Å². The summed E-state index contributed by atoms with van der Waals surface area (Å²) in [5.41, 5.74) is 0.293. The minimum absolute atomic E-state index is 0.0724. The second-order valence-electron chi connectivity index (χ2n) is 4.94. The Morgan fingerprint density at radius 3 is 2.59 bits per heavy atom. The van der Waals surface area contributed by atoms with Gasteiger partial charge in [0.25, 0.3) is 0 Å². The van der Waals surface area contributed by atoms with Gasteiger partial charge in [-0.3, -0.25) is 0 Å². The van der Waals surface area contributed by atoms with E-state index in [0.29, 0.717) is 12.1 Å². The van der Waals surface area contributed by atoms with Gasteiger partial charge in [0, 0.05) is 24.9 Å². The Bertz CT molecular complexity index is 616. The molecule has 0 saturated heterocycles. The van der Waals surface area contributed by atoms with Crippen LogP contribution in [0.1, 0.15) is 37.0 Å². The molecule has 0 aromatic heterocycles. The number of nitrogens with one attached hydrogen (secondary N) is 2. The van der Waals surface area contributed by atoms with Crippen molar-refractivity contribution in [2.75, 3.05) is 18.5 Å². The molecule has 0 amide bonds. The number of carboxylic acids is 1. The van der Waals surface area contributed by atoms with E-state index in [9.17, 15) is 18.3 Å². The first-order valence-electron chi connectivity index (χ1n) is 7.06. The van der Waals surface area contributed by atoms with Crippen LogP contribution in [-0.4, -0.2) is 43.8 Å². The molecule has 8 heteroatoms. The Hall–Kier alpha value is -1.64. The lowest BCUT2D eigenvalue weighted by Crippen LogP contribution is -2.26. The molecule has 0 saturated carbocycles. The van der Waals surface area contributed by atoms with Gasteiger partial charge in [0.2, 0.25) is 10.0 Å². The number of hydrogen-bond donors (Lipinski definition) is 4. The average molecular weight is 330 g/mol. The van der Waals surface area contributed by atoms with E-state index >= 15 is 0 Å². The first kappa shape index (κ1) is 18.4. The van der Waals surface area contributed by atoms with Crippen molar-refractivity contribution >= 4 is 21.7 Å². The fourth-order valence-corrected chi connectivity index (χ4v) is 2.83. The highest BCUT2D eigenvalue weighted by molar-refractivity contribution is 7.89. The maximum absolute atomic E-state index is 12.1. The third kappa shape index (κ3) is 4.97. The molecule has 0 aliphatic rings. The Morgan fingerprint density at radius 2 is 2.05 bits per heavy atom. The molecule has 0 spiro atoms. The topological polar surface area (TPSA) is 116 Å². The van der Waals surface area contributed by atoms with Gasteiger partial charge in [0.1, 0.15) is 0 Å². The van der Waals surface area contributed by atoms with Gasteiger partial charge < -0.3 is 15.5 Å². The summed E-state index contributed by atoms with van der Waals surface area (Å²) < 4.78 is 26.4. The zero-order valence-electron chi connectivity index (χ0n) is 12.7. The van der Waals surface area contributed by atoms with E-state index < -0.39 is 16.0 Å². The molecule has 0 heterocycles. The minimum Gasteiger partial charge on any atom is -0.478 e. The molecule has 1 atom stereocenters. The van der Waals surface area contributed by atoms with Crippen LogP contribution in [0.2, 0.25) is 0 Å². The summed E-state index contributed by atoms with van der Waals surface area (Å²) in [5.74, 6) is -1.20. The van der Waals surface area contributed by atoms with Gasteiger partial charge in [-0.25, -0.2) is 17.9 Å². The molecule has 1 aromatic rings. The molecule has 0 aliphatic carbocycles. The number of carbonyl (C=O) groups is 1. The lowest BCUT2D eigenvalue weighted by atomic mass is 10.1. The van der Waals surface area contributed by atoms with Crippen molar-refractivity contribution < 1.29 is 23.4 Å². The van der Waals surface area contributed by atoms with Crippen LogP contribution in [0.25, 0.3) is 0 Å². The summed E-state index contributed by atoms with van der Waals surface area (Å²) in [4.78, 5) is 11.2. The minimum atomic E-state index is -3.79. The first-order valence-corrected chi connectivity index (χ1v) is 8.54. The molecule has 7 nitrogen and oxygen atoms in total. The van der Waals surface area contributed by atoms with Gasteiger partial charge in [-0.05, 0) is 38.0 Å². The average Bonchev–Trinajstić information content (AvgIpc) is 2.47. The number of rotatable bonds is 9. The maximum Gasteiger partial charge on any atom is 0.337 e. The van der Waals surface area contributed by atoms with Gasteiger partial charge in [0.05, 0.1) is 10.5 Å². The fourth-order valence-electron chi connectivity index (χ4n) is 1.73. The van der Waals surface area contributed by atoms with Crippen LogP contribution >= 0.6 is 0 Å². The van der Waals surface area contributed by atoms with Crippen LogP contribution in [-0.2, 0) is 10.0 Å². The highest BCUT2D eigenvalue weighted by atomic mass is 32.2. The van der Waals surface area contributed by atoms with Crippen molar-refractivity contribution in [3.05, 3.63) is 23.8 Å². The molecule has 22 heavy (non-hydrogen) atoms. The number of benzene rings is 1. The van der Waals surface area contributed by atoms with Crippen molar-refractivity contribution in [2.24, 2.45) is 0 Å². The van der Waals surface area contributed by atoms with Crippen LogP contribution in [0.4, 0.5) is 5.69 Å². The quantitative estimate of drug-likeness (QED) is 0.507. The van der Waals surface area contributed by atoms with Crippen molar-refractivity contribution in [3.8, 4) is 0 Å². The molecule has 0 unspecified atom stereocenters. The van der Waals surface area contributed by atoms with E-state index in [1.807, 2.05) is 13.8 Å². The standard InChI is InChI=1S/C14H22N2O5S/c1-3-10(2)16-13-6-5-11(9-12(13)14(18)19)22(20,21)15-7-4-8-17/h5-6,9-10,15-17H,3-4,7-8H2,1-2H3,(H,18,19)/t10-/m1/s1. The largest absolute Gasteiger partial charge is 0.478 e. The summed E-state index contributed by atoms with van der Waals surface area (Å²) in [7, 11) is -3.79. The molecule has 0 aliphatic heterocycles. The molecule has 1 rings (SSSR count). The number of aromatic carboxylic acids is 1. The number of aliphatic hydroxyl groups is 1. The fraction of sp³-hybridized carbons (Fsp3) is 0.500. The smallest absolute Gasteiger partial charge is 0.337 e. The lowest BCUT2D eigenvalue weighted by molar-refractivity contribution is 0.0697. The zero-order valence-corrected chi connectivity index (χ0v) is 13.5. The van der Waals surface area contributed by atoms with Crippen molar-refractivity contribution in [1.82, 2.24) is 4.72 Å². The monoisotopic (exact) mass is 330 g/mol. The third-order valence-electron chi connectivity index (χ3n) is 3.17. The Morgan fingerprint density at radius 1 is 1.36 bits per heavy atom. The van der Waals surface area contributed by atoms with Crippen molar-refractivity contribution in [3.63, 3.8) is 0 Å². The van der Waals surface area contributed by atoms with Crippen molar-refractivity contribution in [1.29, 1.82) is 0 Å². The molecule has 124 valence electrons. The Labute approximate surface area is 130 Å². The van der Waals surface area contributed by atoms with Crippen LogP contribution in [0.15, 0.2) is 23.1 Å². The number of carboxylic acid groups (broad SMARTS) is 1. The van der Waals surface area contributed by atoms with Crippen LogP contribution in [0.3, 0.4) is 0 Å². The van der Waals surface area contributed by atoms with Crippen molar-refractivity contribution in [2.45, 2.75) is 37.6 Å². The van der Waals surface area contributed by atoms with Gasteiger partial charge in [0.15, 0.2) is 0 Å². The number of aliphatic hydroxyl groups excluding tert-OH is 1. The predicted octanol–water partition coefficient (Wildman–Crippen LogP) is 1.26. The summed E-state index contributed by atoms with van der Waals surface area (Å²) in [6, 6.07) is 4.02. The number of sulfonamides is 1. The normalized spacial score (nSPS) is 12.9. The Balaban J connectivity index is 3.09. The molecular weight excluding hydrogens is 308 g/mol. The highest BCUT2D eigenvalue weighted by Gasteiger charge is 2.19. The highest BCUT2D eigenvalue weighted by Crippen LogP contribution is 2.22. The van der Waals surface area contributed by atoms with E-state index in [1.54, 1.807) is 0 Å². The summed E-state index contributed by atoms with van der Waals surface area (Å²) in [5, 5.41) is 21.0. The molecule has 1 aromatic carbocycles. The zero-order chi connectivity index (χ0) is 16.8. The Kier molecular flexibility index (Phi) is 6.79. The maximum atomic E-state index is 12.1. The second kappa shape index (κ2) is 8.11. The summed E-state index contributed by atoms with van der Waals surface area (Å²) in [6.07, 6.45) is 1.10. The molecule has 4 N–H and O–H groups in total. The molecular formula is C14H22N2O5S. The number of anilines is 1. The predicted molar refractivity (Wildman–Crippen MR) is 83.7 cm³/mol. The lowest BCUT2D eigenvalue weighted by Gasteiger charge is -2.16. The van der Waals surface area contributed by atoms with Crippen LogP contribution < -0.4 is 10.0 Å². The van der Waals surface area contributed by atoms with Gasteiger partial charge in [-0.2, -0.15) is 0 Å². The van der Waals surface area contributed by atoms with Gasteiger partial charge in [-0.15, -0.1) is 0 Å². The van der Waals surface area contributed by atoms with E-state index in [-0.39, 0.29) is 29.7 Å². The molecule has 0 fully saturated rings. The number of hydrogen-bond acceptors (Lipinski definition) is 5. The van der Waals surface area contributed by atoms with Crippen LogP contribution in [0, 0.1) is 0 Å². The van der Waals surface area contributed by atoms with E-state index in [2.05, 4.69) is 10.0 Å². The van der Waals surface area contributed by atoms with E-state index in [4.69, 9.17) is 5.11 Å². The van der Waals surface area contributed by atoms with E-state index in [1.165, 1.54) is 12.1 Å². The SMILES string of the molecule is CC[C@@H](C)Nc1ccc(S(=O)(=O)NCCCO)cc1C(=O)O. The summed E-state index contributed by atoms with van der Waals surface area (Å²) in [6.45, 7) is 3.84. The molecule has 0 radical (unpaired) electrons. The summed E-state index contributed by atoms with van der Waals surface area (Å²) >= 11 is 0. The first-order chi connectivity index (χ1) is 10.3. The van der Waals surface area contributed by atoms with Gasteiger partial charge in [-0.1, -0.05) is 6.92 Å².